The lowest BCUT2D eigenvalue weighted by Gasteiger charge is -2.30. The van der Waals surface area contributed by atoms with E-state index in [1.54, 1.807) is 4.31 Å². The minimum absolute atomic E-state index is 0.0936. The number of morpholine rings is 1. The number of benzene rings is 1. The molecule has 2 aromatic rings. The van der Waals surface area contributed by atoms with Crippen LogP contribution in [0.1, 0.15) is 49.1 Å². The van der Waals surface area contributed by atoms with E-state index < -0.39 is 10.2 Å². The second-order valence-corrected chi connectivity index (χ2v) is 10.1. The molecule has 1 atom stereocenters. The van der Waals surface area contributed by atoms with E-state index in [0.717, 1.165) is 23.6 Å². The molecule has 2 aliphatic rings. The molecule has 1 N–H and O–H groups in total. The molecule has 2 fully saturated rings. The topological polar surface area (TPSA) is 87.8 Å². The van der Waals surface area contributed by atoms with E-state index >= 15 is 0 Å². The van der Waals surface area contributed by atoms with Crippen LogP contribution in [0.15, 0.2) is 30.3 Å². The Morgan fingerprint density at radius 1 is 1.17 bits per heavy atom. The summed E-state index contributed by atoms with van der Waals surface area (Å²) >= 11 is 0. The molecule has 9 heteroatoms. The fourth-order valence-electron chi connectivity index (χ4n) is 3.89. The number of aromatic nitrogens is 2. The number of nitrogens with zero attached hydrogens (tertiary/aromatic N) is 3. The van der Waals surface area contributed by atoms with Gasteiger partial charge in [0.25, 0.3) is 10.2 Å². The van der Waals surface area contributed by atoms with Gasteiger partial charge in [-0.05, 0) is 36.1 Å². The van der Waals surface area contributed by atoms with Crippen molar-refractivity contribution in [1.29, 1.82) is 0 Å². The standard InChI is InChI=1S/C21H30N4O4S/c1-16(2)17-3-5-20(6-4-17)29-15-19-13-21(23-22-19)18-7-8-25(14-18)30(26,27)24-9-11-28-12-10-24/h3-6,13,16,18H,7-12,14-15H2,1-2H3,(H,22,23)/t18-/m1/s1. The molecular formula is C21H30N4O4S. The third-order valence-corrected chi connectivity index (χ3v) is 7.79. The third kappa shape index (κ3) is 4.69. The van der Waals surface area contributed by atoms with E-state index in [0.29, 0.717) is 51.9 Å². The highest BCUT2D eigenvalue weighted by Gasteiger charge is 2.37. The van der Waals surface area contributed by atoms with Gasteiger partial charge < -0.3 is 9.47 Å². The minimum atomic E-state index is -3.43. The SMILES string of the molecule is CC(C)c1ccc(OCc2cc([C@@H]3CCN(S(=O)(=O)N4CCOCC4)C3)n[nH]2)cc1. The lowest BCUT2D eigenvalue weighted by molar-refractivity contribution is 0.0705. The first-order chi connectivity index (χ1) is 14.4. The van der Waals surface area contributed by atoms with E-state index in [-0.39, 0.29) is 5.92 Å². The van der Waals surface area contributed by atoms with Crippen LogP contribution in [-0.2, 0) is 21.6 Å². The molecule has 1 aromatic heterocycles. The molecule has 1 aromatic carbocycles. The first kappa shape index (κ1) is 21.3. The zero-order chi connectivity index (χ0) is 21.1. The second kappa shape index (κ2) is 9.05. The Bertz CT molecular complexity index is 936. The molecular weight excluding hydrogens is 404 g/mol. The van der Waals surface area contributed by atoms with Crippen LogP contribution in [0.5, 0.6) is 5.75 Å². The normalized spacial score (nSPS) is 21.4. The summed E-state index contributed by atoms with van der Waals surface area (Å²) in [6.07, 6.45) is 0.769. The molecule has 30 heavy (non-hydrogen) atoms. The summed E-state index contributed by atoms with van der Waals surface area (Å²) in [5.41, 5.74) is 3.06. The number of rotatable bonds is 7. The van der Waals surface area contributed by atoms with E-state index in [9.17, 15) is 8.42 Å². The van der Waals surface area contributed by atoms with Crippen LogP contribution in [0.25, 0.3) is 0 Å². The number of aromatic amines is 1. The molecule has 8 nitrogen and oxygen atoms in total. The molecule has 2 saturated heterocycles. The number of H-pyrrole nitrogens is 1. The Hall–Kier alpha value is -1.94. The minimum Gasteiger partial charge on any atom is -0.487 e. The van der Waals surface area contributed by atoms with E-state index in [4.69, 9.17) is 9.47 Å². The smallest absolute Gasteiger partial charge is 0.282 e. The summed E-state index contributed by atoms with van der Waals surface area (Å²) in [6.45, 7) is 7.47. The van der Waals surface area contributed by atoms with Gasteiger partial charge in [0.05, 0.1) is 24.6 Å². The number of ether oxygens (including phenoxy) is 2. The van der Waals surface area contributed by atoms with Gasteiger partial charge in [0.2, 0.25) is 0 Å². The van der Waals surface area contributed by atoms with Crippen molar-refractivity contribution in [2.75, 3.05) is 39.4 Å². The fraction of sp³-hybridized carbons (Fsp3) is 0.571. The van der Waals surface area contributed by atoms with Crippen LogP contribution >= 0.6 is 0 Å². The molecule has 164 valence electrons. The summed E-state index contributed by atoms with van der Waals surface area (Å²) in [5, 5.41) is 7.45. The maximum Gasteiger partial charge on any atom is 0.282 e. The van der Waals surface area contributed by atoms with Crippen LogP contribution in [-0.4, -0.2) is 66.6 Å². The molecule has 4 rings (SSSR count). The number of hydrogen-bond acceptors (Lipinski definition) is 5. The Morgan fingerprint density at radius 2 is 1.90 bits per heavy atom. The Morgan fingerprint density at radius 3 is 2.60 bits per heavy atom. The summed E-state index contributed by atoms with van der Waals surface area (Å²) < 4.78 is 39.9. The third-order valence-electron chi connectivity index (χ3n) is 5.78. The quantitative estimate of drug-likeness (QED) is 0.723. The van der Waals surface area contributed by atoms with Gasteiger partial charge >= 0.3 is 0 Å². The van der Waals surface area contributed by atoms with Crippen LogP contribution in [0.4, 0.5) is 0 Å². The summed E-state index contributed by atoms with van der Waals surface area (Å²) in [4.78, 5) is 0. The van der Waals surface area contributed by atoms with Crippen molar-refractivity contribution in [2.24, 2.45) is 0 Å². The monoisotopic (exact) mass is 434 g/mol. The van der Waals surface area contributed by atoms with Gasteiger partial charge in [-0.25, -0.2) is 0 Å². The van der Waals surface area contributed by atoms with Gasteiger partial charge in [-0.1, -0.05) is 26.0 Å². The van der Waals surface area contributed by atoms with Crippen molar-refractivity contribution in [3.8, 4) is 5.75 Å². The molecule has 2 aliphatic heterocycles. The van der Waals surface area contributed by atoms with E-state index in [1.165, 1.54) is 9.87 Å². The van der Waals surface area contributed by atoms with E-state index in [2.05, 4.69) is 36.2 Å². The van der Waals surface area contributed by atoms with E-state index in [1.807, 2.05) is 18.2 Å². The second-order valence-electron chi connectivity index (χ2n) is 8.19. The van der Waals surface area contributed by atoms with Gasteiger partial charge in [0.1, 0.15) is 12.4 Å². The Kier molecular flexibility index (Phi) is 6.43. The fourth-order valence-corrected chi connectivity index (χ4v) is 5.53. The van der Waals surface area contributed by atoms with Crippen molar-refractivity contribution in [1.82, 2.24) is 18.8 Å². The molecule has 0 radical (unpaired) electrons. The predicted octanol–water partition coefficient (Wildman–Crippen LogP) is 2.48. The lowest BCUT2D eigenvalue weighted by atomic mass is 10.0. The average molecular weight is 435 g/mol. The van der Waals surface area contributed by atoms with Crippen LogP contribution < -0.4 is 4.74 Å². The van der Waals surface area contributed by atoms with Crippen molar-refractivity contribution < 1.29 is 17.9 Å². The highest BCUT2D eigenvalue weighted by atomic mass is 32.2. The van der Waals surface area contributed by atoms with Crippen LogP contribution in [0, 0.1) is 0 Å². The molecule has 0 spiro atoms. The molecule has 0 aliphatic carbocycles. The highest BCUT2D eigenvalue weighted by molar-refractivity contribution is 7.86. The van der Waals surface area contributed by atoms with Crippen molar-refractivity contribution in [2.45, 2.75) is 38.7 Å². The molecule has 0 unspecified atom stereocenters. The van der Waals surface area contributed by atoms with Gasteiger partial charge in [0, 0.05) is 32.1 Å². The number of hydrogen-bond donors (Lipinski definition) is 1. The predicted molar refractivity (Wildman–Crippen MR) is 114 cm³/mol. The molecule has 0 amide bonds. The maximum atomic E-state index is 12.8. The Balaban J connectivity index is 1.33. The first-order valence-electron chi connectivity index (χ1n) is 10.5. The molecule has 0 saturated carbocycles. The largest absolute Gasteiger partial charge is 0.487 e. The summed E-state index contributed by atoms with van der Waals surface area (Å²) in [6, 6.07) is 10.1. The van der Waals surface area contributed by atoms with Crippen LogP contribution in [0.3, 0.4) is 0 Å². The van der Waals surface area contributed by atoms with Crippen molar-refractivity contribution in [3.63, 3.8) is 0 Å². The van der Waals surface area contributed by atoms with Gasteiger partial charge in [-0.15, -0.1) is 0 Å². The summed E-state index contributed by atoms with van der Waals surface area (Å²) in [5.74, 6) is 1.41. The molecule has 0 bridgehead atoms. The first-order valence-corrected chi connectivity index (χ1v) is 11.9. The van der Waals surface area contributed by atoms with Crippen molar-refractivity contribution in [3.05, 3.63) is 47.3 Å². The average Bonchev–Trinajstić information content (AvgIpc) is 3.43. The maximum absolute atomic E-state index is 12.8. The highest BCUT2D eigenvalue weighted by Crippen LogP contribution is 2.29. The summed E-state index contributed by atoms with van der Waals surface area (Å²) in [7, 11) is -3.43. The lowest BCUT2D eigenvalue weighted by Crippen LogP contribution is -2.47. The van der Waals surface area contributed by atoms with Gasteiger partial charge in [-0.3, -0.25) is 5.10 Å². The molecule has 3 heterocycles. The van der Waals surface area contributed by atoms with Gasteiger partial charge in [-0.2, -0.15) is 22.1 Å². The van der Waals surface area contributed by atoms with Crippen molar-refractivity contribution >= 4 is 10.2 Å². The zero-order valence-electron chi connectivity index (χ0n) is 17.6. The number of nitrogens with one attached hydrogen (secondary N) is 1. The van der Waals surface area contributed by atoms with Gasteiger partial charge in [0.15, 0.2) is 0 Å². The zero-order valence-corrected chi connectivity index (χ0v) is 18.4. The Labute approximate surface area is 178 Å². The van der Waals surface area contributed by atoms with Crippen LogP contribution in [0.2, 0.25) is 0 Å².